The molecule has 0 aromatic heterocycles. The molecule has 1 spiro atoms. The zero-order chi connectivity index (χ0) is 17.7. The number of rotatable bonds is 3. The minimum atomic E-state index is -3.94. The predicted octanol–water partition coefficient (Wildman–Crippen LogP) is 3.65. The Morgan fingerprint density at radius 3 is 2.48 bits per heavy atom. The van der Waals surface area contributed by atoms with Gasteiger partial charge in [0.1, 0.15) is 18.3 Å². The molecule has 3 aliphatic rings. The smallest absolute Gasteiger partial charge is 0.297 e. The zero-order valence-corrected chi connectivity index (χ0v) is 15.6. The SMILES string of the molecule is Cc1ccc(S(=O)(=O)OC2C(Cl)=CC3OC4(CCCCC4)OC32)cc1. The number of benzene rings is 1. The standard InChI is InChI=1S/C18H21ClO5S/c1-12-5-7-13(8-6-12)25(20,21)24-16-14(19)11-15-17(16)23-18(22-15)9-3-2-4-10-18/h5-8,11,15-17H,2-4,9-10H2,1H3. The average Bonchev–Trinajstić information content (AvgIpc) is 3.03. The van der Waals surface area contributed by atoms with Gasteiger partial charge in [0.25, 0.3) is 10.1 Å². The fraction of sp³-hybridized carbons (Fsp3) is 0.556. The fourth-order valence-electron chi connectivity index (χ4n) is 3.75. The molecule has 0 radical (unpaired) electrons. The largest absolute Gasteiger partial charge is 0.340 e. The van der Waals surface area contributed by atoms with Gasteiger partial charge < -0.3 is 9.47 Å². The van der Waals surface area contributed by atoms with Crippen molar-refractivity contribution >= 4 is 21.7 Å². The van der Waals surface area contributed by atoms with Crippen molar-refractivity contribution in [2.45, 2.75) is 68.0 Å². The van der Waals surface area contributed by atoms with E-state index < -0.39 is 28.1 Å². The molecule has 136 valence electrons. The number of ether oxygens (including phenoxy) is 2. The Balaban J connectivity index is 1.54. The van der Waals surface area contributed by atoms with E-state index in [1.807, 2.05) is 6.92 Å². The van der Waals surface area contributed by atoms with Crippen molar-refractivity contribution in [1.82, 2.24) is 0 Å². The van der Waals surface area contributed by atoms with Crippen LogP contribution in [0.3, 0.4) is 0 Å². The Labute approximate surface area is 153 Å². The van der Waals surface area contributed by atoms with E-state index in [0.717, 1.165) is 31.2 Å². The summed E-state index contributed by atoms with van der Waals surface area (Å²) in [6.07, 6.45) is 4.88. The van der Waals surface area contributed by atoms with Gasteiger partial charge in [0, 0.05) is 17.9 Å². The Morgan fingerprint density at radius 1 is 1.12 bits per heavy atom. The highest BCUT2D eigenvalue weighted by Gasteiger charge is 2.54. The predicted molar refractivity (Wildman–Crippen MR) is 92.7 cm³/mol. The summed E-state index contributed by atoms with van der Waals surface area (Å²) in [6, 6.07) is 6.53. The van der Waals surface area contributed by atoms with Crippen LogP contribution in [0.25, 0.3) is 0 Å². The summed E-state index contributed by atoms with van der Waals surface area (Å²) < 4.78 is 42.9. The van der Waals surface area contributed by atoms with E-state index >= 15 is 0 Å². The van der Waals surface area contributed by atoms with Crippen LogP contribution in [0.4, 0.5) is 0 Å². The molecule has 5 nitrogen and oxygen atoms in total. The third kappa shape index (κ3) is 3.26. The molecule has 0 bridgehead atoms. The normalized spacial score (nSPS) is 31.1. The Kier molecular flexibility index (Phi) is 4.45. The first-order chi connectivity index (χ1) is 11.9. The van der Waals surface area contributed by atoms with E-state index in [-0.39, 0.29) is 11.0 Å². The number of hydrogen-bond donors (Lipinski definition) is 0. The van der Waals surface area contributed by atoms with Crippen LogP contribution in [-0.2, 0) is 23.8 Å². The molecular formula is C18H21ClO5S. The molecule has 1 heterocycles. The number of hydrogen-bond acceptors (Lipinski definition) is 5. The molecule has 1 saturated heterocycles. The van der Waals surface area contributed by atoms with Gasteiger partial charge in [-0.2, -0.15) is 8.42 Å². The van der Waals surface area contributed by atoms with Gasteiger partial charge in [-0.3, -0.25) is 4.18 Å². The molecule has 3 unspecified atom stereocenters. The van der Waals surface area contributed by atoms with Gasteiger partial charge >= 0.3 is 0 Å². The summed E-state index contributed by atoms with van der Waals surface area (Å²) in [5.41, 5.74) is 0.976. The molecule has 2 fully saturated rings. The fourth-order valence-corrected chi connectivity index (χ4v) is 5.17. The Hall–Kier alpha value is -0.920. The summed E-state index contributed by atoms with van der Waals surface area (Å²) in [6.45, 7) is 1.89. The first-order valence-corrected chi connectivity index (χ1v) is 10.4. The Bertz CT molecular complexity index is 780. The lowest BCUT2D eigenvalue weighted by atomic mass is 9.94. The van der Waals surface area contributed by atoms with E-state index in [0.29, 0.717) is 5.03 Å². The minimum absolute atomic E-state index is 0.109. The lowest BCUT2D eigenvalue weighted by molar-refractivity contribution is -0.196. The van der Waals surface area contributed by atoms with E-state index in [1.165, 1.54) is 18.6 Å². The maximum absolute atomic E-state index is 12.6. The molecule has 4 rings (SSSR count). The van der Waals surface area contributed by atoms with E-state index in [2.05, 4.69) is 0 Å². The van der Waals surface area contributed by atoms with Crippen molar-refractivity contribution in [2.75, 3.05) is 0 Å². The van der Waals surface area contributed by atoms with Crippen LogP contribution >= 0.6 is 11.6 Å². The van der Waals surface area contributed by atoms with Gasteiger partial charge in [0.15, 0.2) is 5.79 Å². The van der Waals surface area contributed by atoms with Crippen LogP contribution < -0.4 is 0 Å². The topological polar surface area (TPSA) is 61.8 Å². The summed E-state index contributed by atoms with van der Waals surface area (Å²) in [5, 5.41) is 0.316. The second kappa shape index (κ2) is 6.35. The quantitative estimate of drug-likeness (QED) is 0.744. The number of fused-ring (bicyclic) bond motifs is 1. The molecule has 1 aromatic rings. The molecule has 0 N–H and O–H groups in total. The molecule has 1 aliphatic heterocycles. The summed E-state index contributed by atoms with van der Waals surface area (Å²) >= 11 is 6.24. The van der Waals surface area contributed by atoms with Crippen LogP contribution in [0, 0.1) is 6.92 Å². The zero-order valence-electron chi connectivity index (χ0n) is 14.0. The van der Waals surface area contributed by atoms with Gasteiger partial charge in [-0.1, -0.05) is 35.7 Å². The average molecular weight is 385 g/mol. The van der Waals surface area contributed by atoms with Crippen molar-refractivity contribution < 1.29 is 22.1 Å². The molecule has 3 atom stereocenters. The van der Waals surface area contributed by atoms with E-state index in [9.17, 15) is 8.42 Å². The van der Waals surface area contributed by atoms with Crippen LogP contribution in [0.2, 0.25) is 0 Å². The minimum Gasteiger partial charge on any atom is -0.340 e. The first-order valence-electron chi connectivity index (χ1n) is 8.61. The lowest BCUT2D eigenvalue weighted by Crippen LogP contribution is -2.37. The van der Waals surface area contributed by atoms with Crippen LogP contribution in [0.1, 0.15) is 37.7 Å². The summed E-state index contributed by atoms with van der Waals surface area (Å²) in [5.74, 6) is -0.614. The van der Waals surface area contributed by atoms with Crippen molar-refractivity contribution in [3.8, 4) is 0 Å². The number of aryl methyl sites for hydroxylation is 1. The van der Waals surface area contributed by atoms with E-state index in [1.54, 1.807) is 18.2 Å². The van der Waals surface area contributed by atoms with E-state index in [4.69, 9.17) is 25.3 Å². The molecule has 0 amide bonds. The molecule has 1 aromatic carbocycles. The monoisotopic (exact) mass is 384 g/mol. The van der Waals surface area contributed by atoms with Crippen LogP contribution in [0.15, 0.2) is 40.3 Å². The highest BCUT2D eigenvalue weighted by Crippen LogP contribution is 2.46. The summed E-state index contributed by atoms with van der Waals surface area (Å²) in [4.78, 5) is 0.109. The first kappa shape index (κ1) is 17.5. The lowest BCUT2D eigenvalue weighted by Gasteiger charge is -2.32. The van der Waals surface area contributed by atoms with Gasteiger partial charge in [0.05, 0.1) is 4.90 Å². The molecular weight excluding hydrogens is 364 g/mol. The van der Waals surface area contributed by atoms with Crippen LogP contribution in [0.5, 0.6) is 0 Å². The highest BCUT2D eigenvalue weighted by atomic mass is 35.5. The van der Waals surface area contributed by atoms with Crippen molar-refractivity contribution in [1.29, 1.82) is 0 Å². The Morgan fingerprint density at radius 2 is 1.80 bits per heavy atom. The van der Waals surface area contributed by atoms with Gasteiger partial charge in [0.2, 0.25) is 0 Å². The second-order valence-electron chi connectivity index (χ2n) is 6.97. The van der Waals surface area contributed by atoms with Crippen LogP contribution in [-0.4, -0.2) is 32.5 Å². The molecule has 25 heavy (non-hydrogen) atoms. The second-order valence-corrected chi connectivity index (χ2v) is 8.98. The molecule has 7 heteroatoms. The third-order valence-electron chi connectivity index (χ3n) is 5.07. The van der Waals surface area contributed by atoms with Crippen molar-refractivity contribution in [2.24, 2.45) is 0 Å². The third-order valence-corrected chi connectivity index (χ3v) is 6.73. The molecule has 2 aliphatic carbocycles. The molecule has 1 saturated carbocycles. The van der Waals surface area contributed by atoms with Crippen molar-refractivity contribution in [3.05, 3.63) is 40.9 Å². The number of halogens is 1. The maximum atomic E-state index is 12.6. The van der Waals surface area contributed by atoms with Gasteiger partial charge in [-0.15, -0.1) is 0 Å². The summed E-state index contributed by atoms with van der Waals surface area (Å²) in [7, 11) is -3.94. The maximum Gasteiger partial charge on any atom is 0.297 e. The van der Waals surface area contributed by atoms with Gasteiger partial charge in [-0.25, -0.2) is 0 Å². The van der Waals surface area contributed by atoms with Crippen molar-refractivity contribution in [3.63, 3.8) is 0 Å². The highest BCUT2D eigenvalue weighted by molar-refractivity contribution is 7.86. The van der Waals surface area contributed by atoms with Gasteiger partial charge in [-0.05, 0) is 38.0 Å².